The van der Waals surface area contributed by atoms with Crippen molar-refractivity contribution in [2.45, 2.75) is 84.3 Å². The van der Waals surface area contributed by atoms with Gasteiger partial charge in [-0.15, -0.1) is 0 Å². The summed E-state index contributed by atoms with van der Waals surface area (Å²) < 4.78 is 5.63. The highest BCUT2D eigenvalue weighted by Gasteiger charge is 2.31. The number of hydrogen-bond donors (Lipinski definition) is 2. The van der Waals surface area contributed by atoms with Gasteiger partial charge in [0.05, 0.1) is 6.10 Å². The Hall–Kier alpha value is -0.120. The van der Waals surface area contributed by atoms with Crippen LogP contribution in [-0.4, -0.2) is 18.8 Å². The van der Waals surface area contributed by atoms with E-state index in [-0.39, 0.29) is 0 Å². The summed E-state index contributed by atoms with van der Waals surface area (Å²) in [5.74, 6) is 7.40. The minimum absolute atomic E-state index is 0.495. The normalized spacial score (nSPS) is 25.9. The standard InChI is InChI=1S/C16H34N2O/c1-4-7-8-13(5-2)9-15(18-17)10-14-11-16(12-14)19-6-3/h13-16,18H,4-12,17H2,1-3H3. The SMILES string of the molecule is CCCCC(CC)CC(CC1CC(OCC)C1)NN. The summed E-state index contributed by atoms with van der Waals surface area (Å²) in [5, 5.41) is 0. The average Bonchev–Trinajstić information content (AvgIpc) is 2.39. The van der Waals surface area contributed by atoms with Crippen molar-refractivity contribution in [3.8, 4) is 0 Å². The fraction of sp³-hybridized carbons (Fsp3) is 1.00. The van der Waals surface area contributed by atoms with Crippen molar-refractivity contribution < 1.29 is 4.74 Å². The number of nitrogens with two attached hydrogens (primary N) is 1. The van der Waals surface area contributed by atoms with E-state index < -0.39 is 0 Å². The number of rotatable bonds is 11. The molecule has 3 heteroatoms. The number of unbranched alkanes of at least 4 members (excludes halogenated alkanes) is 1. The van der Waals surface area contributed by atoms with Gasteiger partial charge < -0.3 is 4.74 Å². The van der Waals surface area contributed by atoms with Crippen molar-refractivity contribution in [3.05, 3.63) is 0 Å². The first-order valence-electron chi connectivity index (χ1n) is 8.31. The summed E-state index contributed by atoms with van der Waals surface area (Å²) >= 11 is 0. The van der Waals surface area contributed by atoms with E-state index in [0.29, 0.717) is 12.1 Å². The molecular formula is C16H34N2O. The number of hydrazine groups is 1. The van der Waals surface area contributed by atoms with E-state index in [4.69, 9.17) is 10.6 Å². The predicted molar refractivity (Wildman–Crippen MR) is 81.8 cm³/mol. The molecule has 0 spiro atoms. The molecule has 114 valence electrons. The number of ether oxygens (including phenoxy) is 1. The van der Waals surface area contributed by atoms with Gasteiger partial charge >= 0.3 is 0 Å². The second kappa shape index (κ2) is 9.73. The van der Waals surface area contributed by atoms with E-state index in [2.05, 4.69) is 26.2 Å². The van der Waals surface area contributed by atoms with Crippen LogP contribution in [0.4, 0.5) is 0 Å². The van der Waals surface area contributed by atoms with Crippen LogP contribution in [0.5, 0.6) is 0 Å². The maximum atomic E-state index is 5.74. The van der Waals surface area contributed by atoms with Crippen LogP contribution in [0.25, 0.3) is 0 Å². The zero-order valence-electron chi connectivity index (χ0n) is 13.2. The third-order valence-electron chi connectivity index (χ3n) is 4.61. The molecule has 0 radical (unpaired) electrons. The number of nitrogens with one attached hydrogen (secondary N) is 1. The van der Waals surface area contributed by atoms with Crippen LogP contribution < -0.4 is 11.3 Å². The van der Waals surface area contributed by atoms with Gasteiger partial charge in [-0.3, -0.25) is 11.3 Å². The fourth-order valence-electron chi connectivity index (χ4n) is 3.26. The van der Waals surface area contributed by atoms with E-state index in [1.54, 1.807) is 0 Å². The van der Waals surface area contributed by atoms with Crippen LogP contribution in [0.3, 0.4) is 0 Å². The summed E-state index contributed by atoms with van der Waals surface area (Å²) in [5.41, 5.74) is 3.05. The summed E-state index contributed by atoms with van der Waals surface area (Å²) in [6.07, 6.45) is 10.8. The summed E-state index contributed by atoms with van der Waals surface area (Å²) in [6.45, 7) is 7.51. The monoisotopic (exact) mass is 270 g/mol. The third-order valence-corrected chi connectivity index (χ3v) is 4.61. The van der Waals surface area contributed by atoms with Gasteiger partial charge in [0.15, 0.2) is 0 Å². The summed E-state index contributed by atoms with van der Waals surface area (Å²) in [7, 11) is 0. The van der Waals surface area contributed by atoms with Gasteiger partial charge in [-0.05, 0) is 44.4 Å². The van der Waals surface area contributed by atoms with Gasteiger partial charge in [0.25, 0.3) is 0 Å². The molecule has 2 unspecified atom stereocenters. The van der Waals surface area contributed by atoms with Crippen LogP contribution in [0.1, 0.15) is 72.1 Å². The molecule has 1 saturated carbocycles. The summed E-state index contributed by atoms with van der Waals surface area (Å²) in [4.78, 5) is 0. The fourth-order valence-corrected chi connectivity index (χ4v) is 3.26. The molecule has 1 rings (SSSR count). The van der Waals surface area contributed by atoms with Crippen molar-refractivity contribution in [3.63, 3.8) is 0 Å². The zero-order valence-corrected chi connectivity index (χ0v) is 13.2. The topological polar surface area (TPSA) is 47.3 Å². The molecule has 0 heterocycles. The molecule has 0 saturated heterocycles. The van der Waals surface area contributed by atoms with Crippen LogP contribution >= 0.6 is 0 Å². The highest BCUT2D eigenvalue weighted by Crippen LogP contribution is 2.34. The average molecular weight is 270 g/mol. The molecular weight excluding hydrogens is 236 g/mol. The smallest absolute Gasteiger partial charge is 0.0580 e. The Morgan fingerprint density at radius 1 is 1.26 bits per heavy atom. The van der Waals surface area contributed by atoms with Crippen molar-refractivity contribution in [2.75, 3.05) is 6.61 Å². The quantitative estimate of drug-likeness (QED) is 0.445. The third kappa shape index (κ3) is 6.24. The van der Waals surface area contributed by atoms with Gasteiger partial charge in [0.1, 0.15) is 0 Å². The predicted octanol–water partition coefficient (Wildman–Crippen LogP) is 3.63. The first-order valence-corrected chi connectivity index (χ1v) is 8.31. The molecule has 0 aliphatic heterocycles. The van der Waals surface area contributed by atoms with Crippen molar-refractivity contribution in [1.82, 2.24) is 5.43 Å². The van der Waals surface area contributed by atoms with Gasteiger partial charge in [0, 0.05) is 12.6 Å². The largest absolute Gasteiger partial charge is 0.378 e. The molecule has 0 amide bonds. The highest BCUT2D eigenvalue weighted by molar-refractivity contribution is 4.84. The van der Waals surface area contributed by atoms with Gasteiger partial charge in [-0.1, -0.05) is 39.5 Å². The van der Waals surface area contributed by atoms with Crippen molar-refractivity contribution in [2.24, 2.45) is 17.7 Å². The van der Waals surface area contributed by atoms with Crippen LogP contribution in [-0.2, 0) is 4.74 Å². The van der Waals surface area contributed by atoms with Crippen LogP contribution in [0.2, 0.25) is 0 Å². The van der Waals surface area contributed by atoms with E-state index in [0.717, 1.165) is 18.4 Å². The van der Waals surface area contributed by atoms with Crippen LogP contribution in [0, 0.1) is 11.8 Å². The lowest BCUT2D eigenvalue weighted by atomic mass is 9.76. The molecule has 0 aromatic heterocycles. The second-order valence-electron chi connectivity index (χ2n) is 6.17. The lowest BCUT2D eigenvalue weighted by Gasteiger charge is -2.37. The Bertz CT molecular complexity index is 217. The van der Waals surface area contributed by atoms with Gasteiger partial charge in [-0.25, -0.2) is 0 Å². The van der Waals surface area contributed by atoms with Gasteiger partial charge in [0.2, 0.25) is 0 Å². The minimum atomic E-state index is 0.495. The Balaban J connectivity index is 2.21. The molecule has 0 aromatic rings. The molecule has 1 fully saturated rings. The maximum absolute atomic E-state index is 5.74. The molecule has 19 heavy (non-hydrogen) atoms. The van der Waals surface area contributed by atoms with Crippen LogP contribution in [0.15, 0.2) is 0 Å². The Labute approximate surface area is 119 Å². The highest BCUT2D eigenvalue weighted by atomic mass is 16.5. The lowest BCUT2D eigenvalue weighted by Crippen LogP contribution is -2.41. The molecule has 0 bridgehead atoms. The van der Waals surface area contributed by atoms with E-state index in [1.165, 1.54) is 51.4 Å². The molecule has 1 aliphatic rings. The minimum Gasteiger partial charge on any atom is -0.378 e. The Morgan fingerprint density at radius 3 is 2.53 bits per heavy atom. The molecule has 0 aromatic carbocycles. The maximum Gasteiger partial charge on any atom is 0.0580 e. The first kappa shape index (κ1) is 16.9. The van der Waals surface area contributed by atoms with Crippen molar-refractivity contribution in [1.29, 1.82) is 0 Å². The first-order chi connectivity index (χ1) is 9.23. The molecule has 3 nitrogen and oxygen atoms in total. The van der Waals surface area contributed by atoms with E-state index >= 15 is 0 Å². The Kier molecular flexibility index (Phi) is 8.67. The van der Waals surface area contributed by atoms with Gasteiger partial charge in [-0.2, -0.15) is 0 Å². The van der Waals surface area contributed by atoms with E-state index in [9.17, 15) is 0 Å². The molecule has 3 N–H and O–H groups in total. The zero-order chi connectivity index (χ0) is 14.1. The molecule has 1 aliphatic carbocycles. The van der Waals surface area contributed by atoms with Crippen molar-refractivity contribution >= 4 is 0 Å². The lowest BCUT2D eigenvalue weighted by molar-refractivity contribution is -0.0297. The number of hydrogen-bond acceptors (Lipinski definition) is 3. The Morgan fingerprint density at radius 2 is 2.00 bits per heavy atom. The molecule has 2 atom stereocenters. The second-order valence-corrected chi connectivity index (χ2v) is 6.17. The van der Waals surface area contributed by atoms with E-state index in [1.807, 2.05) is 0 Å². The summed E-state index contributed by atoms with van der Waals surface area (Å²) in [6, 6.07) is 0.495.